The number of rotatable bonds is 9. The maximum atomic E-state index is 13.6. The van der Waals surface area contributed by atoms with Crippen LogP contribution in [0.5, 0.6) is 5.75 Å². The van der Waals surface area contributed by atoms with Crippen LogP contribution in [0, 0.1) is 17.1 Å². The summed E-state index contributed by atoms with van der Waals surface area (Å²) in [6.45, 7) is 2.58. The van der Waals surface area contributed by atoms with Gasteiger partial charge in [0.1, 0.15) is 23.7 Å². The van der Waals surface area contributed by atoms with Crippen molar-refractivity contribution in [3.63, 3.8) is 0 Å². The number of likely N-dealkylation sites (N-methyl/N-ethyl adjacent to an activating group) is 1. The van der Waals surface area contributed by atoms with Crippen LogP contribution in [0.3, 0.4) is 0 Å². The number of nitriles is 1. The Kier molecular flexibility index (Phi) is 7.86. The Labute approximate surface area is 159 Å². The Morgan fingerprint density at radius 1 is 1.23 bits per heavy atom. The maximum Gasteiger partial charge on any atom is 0.143 e. The van der Waals surface area contributed by atoms with Crippen LogP contribution in [0.4, 0.5) is 4.39 Å². The van der Waals surface area contributed by atoms with Crippen molar-refractivity contribution in [2.75, 3.05) is 33.7 Å². The lowest BCUT2D eigenvalue weighted by Gasteiger charge is -2.21. The fourth-order valence-corrected chi connectivity index (χ4v) is 2.64. The number of halogens is 2. The molecule has 26 heavy (non-hydrogen) atoms. The quantitative estimate of drug-likeness (QED) is 0.673. The minimum atomic E-state index is -0.628. The zero-order chi connectivity index (χ0) is 18.9. The molecule has 0 aliphatic carbocycles. The normalized spacial score (nSPS) is 12.0. The molecule has 0 fully saturated rings. The molecule has 0 saturated carbocycles. The molecule has 138 valence electrons. The van der Waals surface area contributed by atoms with E-state index < -0.39 is 5.82 Å². The number of benzene rings is 2. The standard InChI is InChI=1S/C20H23ClFN3O/c1-25(2)11-10-24-9-8-19(15-6-4-3-5-7-15)26-20-13-17(21)18(22)12-16(20)14-23/h3-7,12-13,19,24H,8-11H2,1-2H3/t19-/m1/s1. The molecule has 2 aromatic rings. The van der Waals surface area contributed by atoms with Crippen molar-refractivity contribution in [3.05, 3.63) is 64.4 Å². The molecule has 2 aromatic carbocycles. The van der Waals surface area contributed by atoms with E-state index in [1.54, 1.807) is 0 Å². The summed E-state index contributed by atoms with van der Waals surface area (Å²) in [5.74, 6) is -0.335. The van der Waals surface area contributed by atoms with Gasteiger partial charge >= 0.3 is 0 Å². The summed E-state index contributed by atoms with van der Waals surface area (Å²) in [7, 11) is 4.05. The lowest BCUT2D eigenvalue weighted by Crippen LogP contribution is -2.28. The largest absolute Gasteiger partial charge is 0.484 e. The molecule has 0 heterocycles. The molecule has 0 unspecified atom stereocenters. The van der Waals surface area contributed by atoms with Gasteiger partial charge in [0.05, 0.1) is 10.6 Å². The summed E-state index contributed by atoms with van der Waals surface area (Å²) >= 11 is 5.87. The van der Waals surface area contributed by atoms with Crippen molar-refractivity contribution >= 4 is 11.6 Å². The number of hydrogen-bond acceptors (Lipinski definition) is 4. The molecule has 0 bridgehead atoms. The summed E-state index contributed by atoms with van der Waals surface area (Å²) in [5, 5.41) is 12.6. The third kappa shape index (κ3) is 5.99. The molecule has 4 nitrogen and oxygen atoms in total. The average Bonchev–Trinajstić information content (AvgIpc) is 2.63. The summed E-state index contributed by atoms with van der Waals surface area (Å²) in [5.41, 5.74) is 1.12. The van der Waals surface area contributed by atoms with Crippen LogP contribution in [-0.4, -0.2) is 38.6 Å². The van der Waals surface area contributed by atoms with Crippen LogP contribution >= 0.6 is 11.6 Å². The molecule has 0 radical (unpaired) electrons. The summed E-state index contributed by atoms with van der Waals surface area (Å²) < 4.78 is 19.7. The third-order valence-electron chi connectivity index (χ3n) is 3.90. The van der Waals surface area contributed by atoms with Crippen molar-refractivity contribution < 1.29 is 9.13 Å². The molecule has 0 amide bonds. The molecular formula is C20H23ClFN3O. The number of nitrogens with one attached hydrogen (secondary N) is 1. The first kappa shape index (κ1) is 20.2. The highest BCUT2D eigenvalue weighted by atomic mass is 35.5. The summed E-state index contributed by atoms with van der Waals surface area (Å²) in [4.78, 5) is 2.11. The van der Waals surface area contributed by atoms with Crippen molar-refractivity contribution in [2.24, 2.45) is 0 Å². The fraction of sp³-hybridized carbons (Fsp3) is 0.350. The minimum Gasteiger partial charge on any atom is -0.484 e. The zero-order valence-electron chi connectivity index (χ0n) is 15.0. The SMILES string of the molecule is CN(C)CCNCC[C@@H](Oc1cc(Cl)c(F)cc1C#N)c1ccccc1. The average molecular weight is 376 g/mol. The van der Waals surface area contributed by atoms with Gasteiger partial charge in [0, 0.05) is 25.6 Å². The van der Waals surface area contributed by atoms with E-state index in [1.807, 2.05) is 50.5 Å². The first-order valence-corrected chi connectivity index (χ1v) is 8.85. The Bertz CT molecular complexity index is 747. The molecule has 0 aliphatic heterocycles. The predicted octanol–water partition coefficient (Wildman–Crippen LogP) is 4.01. The number of ether oxygens (including phenoxy) is 1. The topological polar surface area (TPSA) is 48.3 Å². The highest BCUT2D eigenvalue weighted by molar-refractivity contribution is 6.30. The molecule has 0 aromatic heterocycles. The van der Waals surface area contributed by atoms with Crippen molar-refractivity contribution in [2.45, 2.75) is 12.5 Å². The highest BCUT2D eigenvalue weighted by Gasteiger charge is 2.17. The summed E-state index contributed by atoms with van der Waals surface area (Å²) in [6.07, 6.45) is 0.439. The second-order valence-electron chi connectivity index (χ2n) is 6.23. The van der Waals surface area contributed by atoms with E-state index in [4.69, 9.17) is 16.3 Å². The van der Waals surface area contributed by atoms with Crippen LogP contribution < -0.4 is 10.1 Å². The Morgan fingerprint density at radius 3 is 2.62 bits per heavy atom. The highest BCUT2D eigenvalue weighted by Crippen LogP contribution is 2.31. The van der Waals surface area contributed by atoms with E-state index >= 15 is 0 Å². The zero-order valence-corrected chi connectivity index (χ0v) is 15.8. The van der Waals surface area contributed by atoms with Crippen LogP contribution in [0.2, 0.25) is 5.02 Å². The van der Waals surface area contributed by atoms with Gasteiger partial charge in [0.2, 0.25) is 0 Å². The first-order chi connectivity index (χ1) is 12.5. The number of hydrogen-bond donors (Lipinski definition) is 1. The van der Waals surface area contributed by atoms with Crippen LogP contribution in [0.1, 0.15) is 23.7 Å². The first-order valence-electron chi connectivity index (χ1n) is 8.47. The van der Waals surface area contributed by atoms with Crippen LogP contribution in [-0.2, 0) is 0 Å². The van der Waals surface area contributed by atoms with Crippen LogP contribution in [0.15, 0.2) is 42.5 Å². The monoisotopic (exact) mass is 375 g/mol. The Hall–Kier alpha value is -2.13. The molecule has 0 saturated heterocycles. The van der Waals surface area contributed by atoms with Crippen molar-refractivity contribution in [1.82, 2.24) is 10.2 Å². The van der Waals surface area contributed by atoms with E-state index in [1.165, 1.54) is 6.07 Å². The summed E-state index contributed by atoms with van der Waals surface area (Å²) in [6, 6.07) is 14.2. The van der Waals surface area contributed by atoms with Gasteiger partial charge in [0.15, 0.2) is 0 Å². The molecule has 2 rings (SSSR count). The van der Waals surface area contributed by atoms with Crippen molar-refractivity contribution in [1.29, 1.82) is 5.26 Å². The smallest absolute Gasteiger partial charge is 0.143 e. The van der Waals surface area contributed by atoms with E-state index in [0.29, 0.717) is 12.2 Å². The van der Waals surface area contributed by atoms with Crippen LogP contribution in [0.25, 0.3) is 0 Å². The second-order valence-corrected chi connectivity index (χ2v) is 6.64. The van der Waals surface area contributed by atoms with Gasteiger partial charge < -0.3 is 15.0 Å². The van der Waals surface area contributed by atoms with E-state index in [9.17, 15) is 9.65 Å². The molecular weight excluding hydrogens is 353 g/mol. The maximum absolute atomic E-state index is 13.6. The van der Waals surface area contributed by atoms with Crippen molar-refractivity contribution in [3.8, 4) is 11.8 Å². The van der Waals surface area contributed by atoms with Gasteiger partial charge in [-0.1, -0.05) is 41.9 Å². The van der Waals surface area contributed by atoms with E-state index in [0.717, 1.165) is 31.3 Å². The molecule has 1 atom stereocenters. The van der Waals surface area contributed by atoms with Gasteiger partial charge in [-0.3, -0.25) is 0 Å². The van der Waals surface area contributed by atoms with Gasteiger partial charge in [-0.2, -0.15) is 5.26 Å². The molecule has 0 spiro atoms. The Morgan fingerprint density at radius 2 is 1.96 bits per heavy atom. The Balaban J connectivity index is 2.12. The fourth-order valence-electron chi connectivity index (χ4n) is 2.49. The predicted molar refractivity (Wildman–Crippen MR) is 102 cm³/mol. The van der Waals surface area contributed by atoms with Gasteiger partial charge in [-0.25, -0.2) is 4.39 Å². The lowest BCUT2D eigenvalue weighted by molar-refractivity contribution is 0.193. The molecule has 6 heteroatoms. The van der Waals surface area contributed by atoms with Gasteiger partial charge in [-0.05, 0) is 32.3 Å². The lowest BCUT2D eigenvalue weighted by atomic mass is 10.1. The second kappa shape index (κ2) is 10.1. The third-order valence-corrected chi connectivity index (χ3v) is 4.19. The van der Waals surface area contributed by atoms with Gasteiger partial charge in [-0.15, -0.1) is 0 Å². The number of nitrogens with zero attached hydrogens (tertiary/aromatic N) is 2. The molecule has 0 aliphatic rings. The minimum absolute atomic E-state index is 0.0603. The van der Waals surface area contributed by atoms with E-state index in [-0.39, 0.29) is 16.7 Å². The van der Waals surface area contributed by atoms with Gasteiger partial charge in [0.25, 0.3) is 0 Å². The molecule has 1 N–H and O–H groups in total. The van der Waals surface area contributed by atoms with E-state index in [2.05, 4.69) is 10.2 Å².